The first-order valence-electron chi connectivity index (χ1n) is 5.93. The largest absolute Gasteiger partial charge is 0.367 e. The molecule has 2 N–H and O–H groups in total. The van der Waals surface area contributed by atoms with Gasteiger partial charge in [-0.3, -0.25) is 4.98 Å². The van der Waals surface area contributed by atoms with Crippen LogP contribution in [0.5, 0.6) is 0 Å². The van der Waals surface area contributed by atoms with Crippen molar-refractivity contribution in [3.63, 3.8) is 0 Å². The third kappa shape index (κ3) is 2.87. The lowest BCUT2D eigenvalue weighted by atomic mass is 10.2. The second-order valence-corrected chi connectivity index (χ2v) is 4.15. The van der Waals surface area contributed by atoms with Gasteiger partial charge in [0.1, 0.15) is 0 Å². The first kappa shape index (κ1) is 11.7. The highest BCUT2D eigenvalue weighted by molar-refractivity contribution is 5.73. The van der Waals surface area contributed by atoms with Crippen LogP contribution in [0.2, 0.25) is 0 Å². The van der Waals surface area contributed by atoms with Gasteiger partial charge in [0.2, 0.25) is 0 Å². The Balaban J connectivity index is 1.96. The minimum absolute atomic E-state index is 0.119. The zero-order valence-corrected chi connectivity index (χ0v) is 10.0. The Morgan fingerprint density at radius 1 is 1.53 bits per heavy atom. The standard InChI is InChI=1S/C12H18N4O/c1-13-12(17)15-9-11-3-2-8-16(11)10-4-6-14-7-5-10/h4-7,11H,2-3,8-9H2,1H3,(H2,13,15,17)/t11-/m1/s1. The molecule has 5 nitrogen and oxygen atoms in total. The van der Waals surface area contributed by atoms with E-state index in [1.165, 1.54) is 12.1 Å². The number of pyridine rings is 1. The van der Waals surface area contributed by atoms with Crippen molar-refractivity contribution in [2.24, 2.45) is 0 Å². The van der Waals surface area contributed by atoms with Gasteiger partial charge in [0.25, 0.3) is 0 Å². The number of carbonyl (C=O) groups excluding carboxylic acids is 1. The van der Waals surface area contributed by atoms with Crippen LogP contribution in [0.4, 0.5) is 10.5 Å². The lowest BCUT2D eigenvalue weighted by molar-refractivity contribution is 0.242. The average molecular weight is 234 g/mol. The smallest absolute Gasteiger partial charge is 0.314 e. The fraction of sp³-hybridized carbons (Fsp3) is 0.500. The summed E-state index contributed by atoms with van der Waals surface area (Å²) in [6.45, 7) is 1.73. The lowest BCUT2D eigenvalue weighted by Crippen LogP contribution is -2.43. The highest BCUT2D eigenvalue weighted by Gasteiger charge is 2.24. The zero-order chi connectivity index (χ0) is 12.1. The van der Waals surface area contributed by atoms with Crippen LogP contribution in [0.1, 0.15) is 12.8 Å². The predicted molar refractivity (Wildman–Crippen MR) is 67.1 cm³/mol. The number of urea groups is 1. The number of amides is 2. The molecule has 2 amide bonds. The van der Waals surface area contributed by atoms with Gasteiger partial charge in [-0.2, -0.15) is 0 Å². The van der Waals surface area contributed by atoms with Gasteiger partial charge in [-0.1, -0.05) is 0 Å². The van der Waals surface area contributed by atoms with Gasteiger partial charge in [-0.05, 0) is 25.0 Å². The highest BCUT2D eigenvalue weighted by atomic mass is 16.2. The van der Waals surface area contributed by atoms with Crippen molar-refractivity contribution < 1.29 is 4.79 Å². The quantitative estimate of drug-likeness (QED) is 0.819. The SMILES string of the molecule is CNC(=O)NC[C@H]1CCCN1c1ccncc1. The van der Waals surface area contributed by atoms with Gasteiger partial charge in [-0.25, -0.2) is 4.79 Å². The van der Waals surface area contributed by atoms with Gasteiger partial charge >= 0.3 is 6.03 Å². The zero-order valence-electron chi connectivity index (χ0n) is 10.0. The minimum atomic E-state index is -0.119. The predicted octanol–water partition coefficient (Wildman–Crippen LogP) is 0.979. The molecule has 92 valence electrons. The molecule has 1 aliphatic heterocycles. The molecular formula is C12H18N4O. The van der Waals surface area contributed by atoms with E-state index in [0.29, 0.717) is 12.6 Å². The molecule has 1 atom stereocenters. The number of nitrogens with zero attached hydrogens (tertiary/aromatic N) is 2. The van der Waals surface area contributed by atoms with Gasteiger partial charge < -0.3 is 15.5 Å². The number of hydrogen-bond acceptors (Lipinski definition) is 3. The summed E-state index contributed by atoms with van der Waals surface area (Å²) in [6, 6.07) is 4.29. The summed E-state index contributed by atoms with van der Waals surface area (Å²) in [5.74, 6) is 0. The second kappa shape index (κ2) is 5.52. The Labute approximate surface area is 101 Å². The van der Waals surface area contributed by atoms with Crippen molar-refractivity contribution in [2.45, 2.75) is 18.9 Å². The molecule has 0 aromatic carbocycles. The number of hydrogen-bond donors (Lipinski definition) is 2. The summed E-state index contributed by atoms with van der Waals surface area (Å²) >= 11 is 0. The van der Waals surface area contributed by atoms with Gasteiger partial charge in [0.15, 0.2) is 0 Å². The van der Waals surface area contributed by atoms with E-state index in [4.69, 9.17) is 0 Å². The minimum Gasteiger partial charge on any atom is -0.367 e. The number of aromatic nitrogens is 1. The van der Waals surface area contributed by atoms with Crippen LogP contribution in [-0.2, 0) is 0 Å². The molecule has 1 saturated heterocycles. The van der Waals surface area contributed by atoms with Crippen LogP contribution in [0.25, 0.3) is 0 Å². The van der Waals surface area contributed by atoms with Crippen LogP contribution < -0.4 is 15.5 Å². The fourth-order valence-electron chi connectivity index (χ4n) is 2.22. The normalized spacial score (nSPS) is 19.1. The molecule has 0 aliphatic carbocycles. The van der Waals surface area contributed by atoms with Crippen LogP contribution in [0.15, 0.2) is 24.5 Å². The van der Waals surface area contributed by atoms with Crippen LogP contribution >= 0.6 is 0 Å². The fourth-order valence-corrected chi connectivity index (χ4v) is 2.22. The number of rotatable bonds is 3. The van der Waals surface area contributed by atoms with Gasteiger partial charge in [-0.15, -0.1) is 0 Å². The molecule has 0 saturated carbocycles. The van der Waals surface area contributed by atoms with E-state index in [2.05, 4.69) is 20.5 Å². The summed E-state index contributed by atoms with van der Waals surface area (Å²) < 4.78 is 0. The summed E-state index contributed by atoms with van der Waals surface area (Å²) in [5, 5.41) is 5.43. The molecule has 5 heteroatoms. The molecule has 2 rings (SSSR count). The third-order valence-corrected chi connectivity index (χ3v) is 3.10. The molecule has 0 unspecified atom stereocenters. The van der Waals surface area contributed by atoms with E-state index >= 15 is 0 Å². The molecule has 0 bridgehead atoms. The molecule has 17 heavy (non-hydrogen) atoms. The summed E-state index contributed by atoms with van der Waals surface area (Å²) in [5.41, 5.74) is 1.18. The summed E-state index contributed by atoms with van der Waals surface area (Å²) in [6.07, 6.45) is 5.89. The summed E-state index contributed by atoms with van der Waals surface area (Å²) in [7, 11) is 1.63. The van der Waals surface area contributed by atoms with Crippen LogP contribution in [0.3, 0.4) is 0 Å². The van der Waals surface area contributed by atoms with Crippen molar-refractivity contribution in [1.82, 2.24) is 15.6 Å². The number of carbonyl (C=O) groups is 1. The first-order valence-corrected chi connectivity index (χ1v) is 5.93. The van der Waals surface area contributed by atoms with Gasteiger partial charge in [0.05, 0.1) is 0 Å². The van der Waals surface area contributed by atoms with E-state index in [9.17, 15) is 4.79 Å². The van der Waals surface area contributed by atoms with Crippen molar-refractivity contribution in [3.05, 3.63) is 24.5 Å². The van der Waals surface area contributed by atoms with Gasteiger partial charge in [0, 0.05) is 44.3 Å². The maximum atomic E-state index is 11.2. The molecular weight excluding hydrogens is 216 g/mol. The van der Waals surface area contributed by atoms with E-state index in [0.717, 1.165) is 13.0 Å². The third-order valence-electron chi connectivity index (χ3n) is 3.10. The van der Waals surface area contributed by atoms with E-state index < -0.39 is 0 Å². The maximum absolute atomic E-state index is 11.2. The Morgan fingerprint density at radius 3 is 3.00 bits per heavy atom. The molecule has 0 radical (unpaired) electrons. The Kier molecular flexibility index (Phi) is 3.80. The van der Waals surface area contributed by atoms with Crippen molar-refractivity contribution in [1.29, 1.82) is 0 Å². The monoisotopic (exact) mass is 234 g/mol. The molecule has 1 aliphatic rings. The maximum Gasteiger partial charge on any atom is 0.314 e. The lowest BCUT2D eigenvalue weighted by Gasteiger charge is -2.26. The second-order valence-electron chi connectivity index (χ2n) is 4.15. The van der Waals surface area contributed by atoms with Crippen molar-refractivity contribution in [3.8, 4) is 0 Å². The topological polar surface area (TPSA) is 57.3 Å². The first-order chi connectivity index (χ1) is 8.31. The average Bonchev–Trinajstić information content (AvgIpc) is 2.85. The molecule has 2 heterocycles. The Hall–Kier alpha value is -1.78. The van der Waals surface area contributed by atoms with E-state index in [1.54, 1.807) is 19.4 Å². The van der Waals surface area contributed by atoms with Crippen molar-refractivity contribution >= 4 is 11.7 Å². The molecule has 1 aromatic rings. The molecule has 0 spiro atoms. The van der Waals surface area contributed by atoms with E-state index in [-0.39, 0.29) is 6.03 Å². The Morgan fingerprint density at radius 2 is 2.29 bits per heavy atom. The number of nitrogens with one attached hydrogen (secondary N) is 2. The molecule has 1 fully saturated rings. The molecule has 1 aromatic heterocycles. The van der Waals surface area contributed by atoms with Crippen molar-refractivity contribution in [2.75, 3.05) is 25.0 Å². The van der Waals surface area contributed by atoms with E-state index in [1.807, 2.05) is 12.1 Å². The highest BCUT2D eigenvalue weighted by Crippen LogP contribution is 2.24. The number of anilines is 1. The Bertz CT molecular complexity index is 368. The van der Waals surface area contributed by atoms with Crippen LogP contribution in [-0.4, -0.2) is 37.2 Å². The summed E-state index contributed by atoms with van der Waals surface area (Å²) in [4.78, 5) is 17.5. The van der Waals surface area contributed by atoms with Crippen LogP contribution in [0, 0.1) is 0 Å².